The number of para-hydroxylation sites is 1. The molecule has 0 atom stereocenters. The van der Waals surface area contributed by atoms with Gasteiger partial charge in [0.15, 0.2) is 0 Å². The lowest BCUT2D eigenvalue weighted by molar-refractivity contribution is -0.384. The van der Waals surface area contributed by atoms with Crippen LogP contribution in [0.1, 0.15) is 15.9 Å². The minimum Gasteiger partial charge on any atom is -0.488 e. The highest BCUT2D eigenvalue weighted by molar-refractivity contribution is 6.34. The first-order valence-electron chi connectivity index (χ1n) is 8.05. The Bertz CT molecular complexity index is 977. The Kier molecular flexibility index (Phi) is 5.68. The second-order valence-corrected chi connectivity index (χ2v) is 6.05. The number of halogens is 1. The van der Waals surface area contributed by atoms with Crippen LogP contribution in [0.15, 0.2) is 72.8 Å². The number of hydrogen-bond donors (Lipinski definition) is 1. The normalized spacial score (nSPS) is 10.3. The van der Waals surface area contributed by atoms with Crippen molar-refractivity contribution in [2.75, 3.05) is 5.32 Å². The second-order valence-electron chi connectivity index (χ2n) is 5.65. The summed E-state index contributed by atoms with van der Waals surface area (Å²) in [4.78, 5) is 23.0. The van der Waals surface area contributed by atoms with E-state index in [4.69, 9.17) is 16.3 Å². The van der Waals surface area contributed by atoms with Crippen LogP contribution in [0.25, 0.3) is 0 Å². The molecule has 0 aromatic heterocycles. The highest BCUT2D eigenvalue weighted by Crippen LogP contribution is 2.28. The minimum atomic E-state index is -0.553. The Hall–Kier alpha value is -3.38. The van der Waals surface area contributed by atoms with Crippen molar-refractivity contribution >= 4 is 28.9 Å². The fraction of sp³-hybridized carbons (Fsp3) is 0.0500. The third kappa shape index (κ3) is 4.62. The first-order chi connectivity index (χ1) is 13.0. The maximum Gasteiger partial charge on any atom is 0.271 e. The van der Waals surface area contributed by atoms with Gasteiger partial charge >= 0.3 is 0 Å². The van der Waals surface area contributed by atoms with Crippen molar-refractivity contribution in [3.05, 3.63) is 99.1 Å². The van der Waals surface area contributed by atoms with Crippen molar-refractivity contribution < 1.29 is 14.5 Å². The maximum atomic E-state index is 12.7. The van der Waals surface area contributed by atoms with Crippen LogP contribution in [0.5, 0.6) is 5.75 Å². The van der Waals surface area contributed by atoms with Crippen LogP contribution in [-0.4, -0.2) is 10.8 Å². The van der Waals surface area contributed by atoms with E-state index in [1.165, 1.54) is 18.2 Å². The lowest BCUT2D eigenvalue weighted by Gasteiger charge is -2.12. The smallest absolute Gasteiger partial charge is 0.271 e. The van der Waals surface area contributed by atoms with Crippen LogP contribution >= 0.6 is 11.6 Å². The molecule has 7 heteroatoms. The number of nitro groups is 1. The van der Waals surface area contributed by atoms with E-state index in [0.717, 1.165) is 5.56 Å². The predicted octanol–water partition coefficient (Wildman–Crippen LogP) is 5.08. The SMILES string of the molecule is O=C(Nc1cc([N+](=O)[O-])ccc1Cl)c1ccccc1OCc1ccccc1. The molecule has 1 N–H and O–H groups in total. The summed E-state index contributed by atoms with van der Waals surface area (Å²) in [6.45, 7) is 0.308. The molecule has 0 bridgehead atoms. The highest BCUT2D eigenvalue weighted by atomic mass is 35.5. The van der Waals surface area contributed by atoms with E-state index in [0.29, 0.717) is 17.9 Å². The summed E-state index contributed by atoms with van der Waals surface area (Å²) in [7, 11) is 0. The van der Waals surface area contributed by atoms with E-state index in [1.807, 2.05) is 30.3 Å². The molecule has 0 aliphatic carbocycles. The first kappa shape index (κ1) is 18.4. The summed E-state index contributed by atoms with van der Waals surface area (Å²) >= 11 is 6.04. The van der Waals surface area contributed by atoms with Gasteiger partial charge in [-0.05, 0) is 23.8 Å². The molecule has 3 rings (SSSR count). The summed E-state index contributed by atoms with van der Waals surface area (Å²) in [6, 6.07) is 20.2. The van der Waals surface area contributed by atoms with Crippen LogP contribution in [0, 0.1) is 10.1 Å². The fourth-order valence-electron chi connectivity index (χ4n) is 2.43. The molecule has 0 spiro atoms. The van der Waals surface area contributed by atoms with E-state index in [9.17, 15) is 14.9 Å². The number of nitrogens with zero attached hydrogens (tertiary/aromatic N) is 1. The summed E-state index contributed by atoms with van der Waals surface area (Å²) in [5, 5.41) is 13.7. The van der Waals surface area contributed by atoms with Crippen LogP contribution < -0.4 is 10.1 Å². The molecule has 0 saturated heterocycles. The summed E-state index contributed by atoms with van der Waals surface area (Å²) in [6.07, 6.45) is 0. The van der Waals surface area contributed by atoms with Crippen molar-refractivity contribution in [1.29, 1.82) is 0 Å². The number of non-ortho nitro benzene ring substituents is 1. The van der Waals surface area contributed by atoms with Crippen LogP contribution in [0.2, 0.25) is 5.02 Å². The molecule has 136 valence electrons. The number of carbonyl (C=O) groups is 1. The van der Waals surface area contributed by atoms with Gasteiger partial charge in [-0.2, -0.15) is 0 Å². The quantitative estimate of drug-likeness (QED) is 0.476. The van der Waals surface area contributed by atoms with Gasteiger partial charge in [-0.15, -0.1) is 0 Å². The molecule has 0 heterocycles. The van der Waals surface area contributed by atoms with Gasteiger partial charge in [-0.1, -0.05) is 54.1 Å². The largest absolute Gasteiger partial charge is 0.488 e. The van der Waals surface area contributed by atoms with Gasteiger partial charge in [0.25, 0.3) is 11.6 Å². The van der Waals surface area contributed by atoms with Gasteiger partial charge in [0, 0.05) is 12.1 Å². The van der Waals surface area contributed by atoms with Gasteiger partial charge in [-0.3, -0.25) is 14.9 Å². The van der Waals surface area contributed by atoms with Crippen molar-refractivity contribution in [3.63, 3.8) is 0 Å². The zero-order valence-electron chi connectivity index (χ0n) is 14.1. The third-order valence-electron chi connectivity index (χ3n) is 3.78. The maximum absolute atomic E-state index is 12.7. The summed E-state index contributed by atoms with van der Waals surface area (Å²) in [5.74, 6) is -0.0681. The number of nitrogens with one attached hydrogen (secondary N) is 1. The van der Waals surface area contributed by atoms with Crippen LogP contribution in [-0.2, 0) is 6.61 Å². The van der Waals surface area contributed by atoms with Crippen molar-refractivity contribution in [1.82, 2.24) is 0 Å². The van der Waals surface area contributed by atoms with Gasteiger partial charge in [-0.25, -0.2) is 0 Å². The van der Waals surface area contributed by atoms with Gasteiger partial charge in [0.2, 0.25) is 0 Å². The van der Waals surface area contributed by atoms with E-state index >= 15 is 0 Å². The Labute approximate surface area is 160 Å². The van der Waals surface area contributed by atoms with Crippen molar-refractivity contribution in [2.45, 2.75) is 6.61 Å². The van der Waals surface area contributed by atoms with Gasteiger partial charge < -0.3 is 10.1 Å². The van der Waals surface area contributed by atoms with E-state index < -0.39 is 10.8 Å². The number of carbonyl (C=O) groups excluding carboxylic acids is 1. The lowest BCUT2D eigenvalue weighted by Crippen LogP contribution is -2.14. The number of ether oxygens (including phenoxy) is 1. The number of benzene rings is 3. The van der Waals surface area contributed by atoms with Crippen LogP contribution in [0.3, 0.4) is 0 Å². The molecule has 0 aliphatic heterocycles. The number of nitro benzene ring substituents is 1. The van der Waals surface area contributed by atoms with Crippen molar-refractivity contribution in [3.8, 4) is 5.75 Å². The monoisotopic (exact) mass is 382 g/mol. The summed E-state index contributed by atoms with van der Waals surface area (Å²) < 4.78 is 5.77. The molecule has 0 unspecified atom stereocenters. The van der Waals surface area contributed by atoms with Crippen LogP contribution in [0.4, 0.5) is 11.4 Å². The molecule has 0 aliphatic rings. The Morgan fingerprint density at radius 2 is 1.74 bits per heavy atom. The number of anilines is 1. The predicted molar refractivity (Wildman–Crippen MR) is 103 cm³/mol. The zero-order valence-corrected chi connectivity index (χ0v) is 14.8. The molecule has 0 saturated carbocycles. The lowest BCUT2D eigenvalue weighted by atomic mass is 10.1. The Balaban J connectivity index is 1.79. The molecule has 0 fully saturated rings. The topological polar surface area (TPSA) is 81.5 Å². The second kappa shape index (κ2) is 8.33. The van der Waals surface area contributed by atoms with Crippen molar-refractivity contribution in [2.24, 2.45) is 0 Å². The van der Waals surface area contributed by atoms with E-state index in [1.54, 1.807) is 24.3 Å². The first-order valence-corrected chi connectivity index (χ1v) is 8.43. The van der Waals surface area contributed by atoms with E-state index in [-0.39, 0.29) is 16.4 Å². The Morgan fingerprint density at radius 1 is 1.04 bits per heavy atom. The third-order valence-corrected chi connectivity index (χ3v) is 4.11. The average molecular weight is 383 g/mol. The van der Waals surface area contributed by atoms with Gasteiger partial charge in [0.1, 0.15) is 12.4 Å². The van der Waals surface area contributed by atoms with E-state index in [2.05, 4.69) is 5.32 Å². The molecule has 6 nitrogen and oxygen atoms in total. The minimum absolute atomic E-state index is 0.161. The molecule has 3 aromatic rings. The fourth-order valence-corrected chi connectivity index (χ4v) is 2.59. The number of amides is 1. The highest BCUT2D eigenvalue weighted by Gasteiger charge is 2.16. The standard InChI is InChI=1S/C20H15ClN2O4/c21-17-11-10-15(23(25)26)12-18(17)22-20(24)16-8-4-5-9-19(16)27-13-14-6-2-1-3-7-14/h1-12H,13H2,(H,22,24). The molecule has 0 radical (unpaired) electrons. The molecular weight excluding hydrogens is 368 g/mol. The molecule has 1 amide bonds. The number of rotatable bonds is 6. The van der Waals surface area contributed by atoms with Gasteiger partial charge in [0.05, 0.1) is 21.2 Å². The zero-order chi connectivity index (χ0) is 19.2. The number of hydrogen-bond acceptors (Lipinski definition) is 4. The molecule has 3 aromatic carbocycles. The summed E-state index contributed by atoms with van der Waals surface area (Å²) in [5.41, 5.74) is 1.27. The average Bonchev–Trinajstić information content (AvgIpc) is 2.69. The Morgan fingerprint density at radius 3 is 2.48 bits per heavy atom. The molecule has 27 heavy (non-hydrogen) atoms. The molecular formula is C20H15ClN2O4.